The Morgan fingerprint density at radius 1 is 0.427 bits per heavy atom. The Morgan fingerprint density at radius 2 is 0.730 bits per heavy atom. The second-order valence-corrected chi connectivity index (χ2v) is 22.3. The standard InChI is InChI=1S/C21H24N4O4S2.C15H20N2O3S.C10H14N2O2S.C8H10N2S.C7H12O4/c1-24(20(30)14-8-6-5-7-9-14)22-18(26)13-19(27)23-25(2)21(31)16-12-15(28-3)10-11-17(16)29-4;1-15(2,3)20-13(19)10-12(18)16-17(4)14(21)11-8-6-5-7-9-11;1-12(11)10(15)8-6-7(13-2)4-5-9(8)14-3;1-10(9)8(11)7-5-3-2-4-6-7;1-7(2,3)11-6(10)4-5(8)9/h5-12H,13H2,1-4H3,(H,22,26)(H,23,27);5-9H,10H2,1-4H3,(H,16,18);4-6H,11H2,1-3H3;2-6H,9H2,1H3;4H2,1-3H3,(H,8,9). The van der Waals surface area contributed by atoms with Crippen LogP contribution in [-0.2, 0) is 38.2 Å². The Kier molecular flexibility index (Phi) is 34.8. The van der Waals surface area contributed by atoms with E-state index in [2.05, 4.69) is 16.3 Å². The Labute approximate surface area is 547 Å². The highest BCUT2D eigenvalue weighted by Gasteiger charge is 2.22. The third-order valence-corrected chi connectivity index (χ3v) is 13.1. The third-order valence-electron chi connectivity index (χ3n) is 10.5. The summed E-state index contributed by atoms with van der Waals surface area (Å²) < 4.78 is 30.7. The zero-order valence-electron chi connectivity index (χ0n) is 52.5. The van der Waals surface area contributed by atoms with E-state index in [1.54, 1.807) is 128 Å². The average Bonchev–Trinajstić information content (AvgIpc) is 3.68. The van der Waals surface area contributed by atoms with Gasteiger partial charge < -0.3 is 43.5 Å². The molecule has 5 rings (SSSR count). The molecule has 0 atom stereocenters. The number of carboxylic acid groups (broad SMARTS) is 1. The van der Waals surface area contributed by atoms with E-state index in [9.17, 15) is 28.8 Å². The summed E-state index contributed by atoms with van der Waals surface area (Å²) in [5.74, 6) is 9.59. The van der Waals surface area contributed by atoms with E-state index in [0.717, 1.165) is 28.0 Å². The lowest BCUT2D eigenvalue weighted by Crippen LogP contribution is -2.47. The van der Waals surface area contributed by atoms with Crippen molar-refractivity contribution in [1.29, 1.82) is 0 Å². The third kappa shape index (κ3) is 31.3. The molecule has 5 aromatic rings. The van der Waals surface area contributed by atoms with Crippen molar-refractivity contribution in [2.75, 3.05) is 63.7 Å². The van der Waals surface area contributed by atoms with Crippen LogP contribution in [0.15, 0.2) is 127 Å². The first-order valence-corrected chi connectivity index (χ1v) is 28.6. The number of nitrogens with two attached hydrogens (primary N) is 2. The van der Waals surface area contributed by atoms with Gasteiger partial charge in [-0.2, -0.15) is 0 Å². The fourth-order valence-electron chi connectivity index (χ4n) is 6.65. The van der Waals surface area contributed by atoms with Crippen LogP contribution in [0.4, 0.5) is 0 Å². The molecule has 0 aliphatic heterocycles. The quantitative estimate of drug-likeness (QED) is 0.0197. The molecule has 0 saturated heterocycles. The van der Waals surface area contributed by atoms with Gasteiger partial charge in [-0.15, -0.1) is 0 Å². The van der Waals surface area contributed by atoms with Crippen molar-refractivity contribution in [1.82, 2.24) is 41.3 Å². The first-order valence-electron chi connectivity index (χ1n) is 26.6. The maximum Gasteiger partial charge on any atom is 0.317 e. The number of amides is 3. The van der Waals surface area contributed by atoms with Crippen LogP contribution < -0.4 is 46.9 Å². The zero-order valence-corrected chi connectivity index (χ0v) is 56.6. The van der Waals surface area contributed by atoms with Crippen LogP contribution in [0.5, 0.6) is 23.0 Å². The van der Waals surface area contributed by atoms with Crippen LogP contribution in [0.2, 0.25) is 0 Å². The molecule has 8 N–H and O–H groups in total. The monoisotopic (exact) mass is 1320 g/mol. The van der Waals surface area contributed by atoms with Crippen molar-refractivity contribution in [3.63, 3.8) is 0 Å². The highest BCUT2D eigenvalue weighted by molar-refractivity contribution is 7.81. The van der Waals surface area contributed by atoms with Gasteiger partial charge in [0.05, 0.1) is 39.6 Å². The predicted octanol–water partition coefficient (Wildman–Crippen LogP) is 7.28. The molecule has 0 fully saturated rings. The first-order chi connectivity index (χ1) is 41.6. The number of thiocarbonyl (C=S) groups is 5. The number of carbonyl (C=O) groups is 6. The highest BCUT2D eigenvalue weighted by Crippen LogP contribution is 2.26. The number of aliphatic carboxylic acids is 1. The number of hydrazine groups is 5. The van der Waals surface area contributed by atoms with Gasteiger partial charge in [-0.25, -0.2) is 11.7 Å². The summed E-state index contributed by atoms with van der Waals surface area (Å²) in [5, 5.41) is 15.1. The molecule has 482 valence electrons. The lowest BCUT2D eigenvalue weighted by atomic mass is 10.2. The van der Waals surface area contributed by atoms with Crippen LogP contribution in [0.25, 0.3) is 0 Å². The van der Waals surface area contributed by atoms with E-state index in [1.165, 1.54) is 32.2 Å². The van der Waals surface area contributed by atoms with Crippen LogP contribution >= 0.6 is 61.1 Å². The minimum Gasteiger partial charge on any atom is -0.497 e. The van der Waals surface area contributed by atoms with Crippen LogP contribution in [-0.4, -0.2) is 166 Å². The van der Waals surface area contributed by atoms with Gasteiger partial charge in [0, 0.05) is 51.9 Å². The van der Waals surface area contributed by atoms with Crippen molar-refractivity contribution >= 4 is 122 Å². The van der Waals surface area contributed by atoms with E-state index in [4.69, 9.17) is 106 Å². The lowest BCUT2D eigenvalue weighted by molar-refractivity contribution is -0.160. The fourth-order valence-corrected chi connectivity index (χ4v) is 7.52. The molecule has 0 aliphatic carbocycles. The second kappa shape index (κ2) is 39.4. The molecule has 0 aromatic heterocycles. The van der Waals surface area contributed by atoms with Crippen LogP contribution in [0, 0.1) is 0 Å². The number of hydrogen-bond donors (Lipinski definition) is 6. The summed E-state index contributed by atoms with van der Waals surface area (Å²) in [6, 6.07) is 38.8. The molecular formula is C61H80N10O13S5. The molecule has 0 saturated carbocycles. The molecule has 0 radical (unpaired) electrons. The molecule has 0 spiro atoms. The Bertz CT molecular complexity index is 3190. The van der Waals surface area contributed by atoms with Crippen LogP contribution in [0.1, 0.15) is 88.6 Å². The number of benzene rings is 5. The van der Waals surface area contributed by atoms with Gasteiger partial charge in [0.15, 0.2) is 0 Å². The van der Waals surface area contributed by atoms with Gasteiger partial charge in [0.1, 0.15) is 78.4 Å². The number of nitrogens with one attached hydrogen (secondary N) is 3. The van der Waals surface area contributed by atoms with E-state index in [0.29, 0.717) is 47.8 Å². The molecular weight excluding hydrogens is 1240 g/mol. The second-order valence-electron chi connectivity index (χ2n) is 20.4. The Morgan fingerprint density at radius 3 is 1.03 bits per heavy atom. The van der Waals surface area contributed by atoms with E-state index in [-0.39, 0.29) is 6.42 Å². The molecule has 3 amide bonds. The van der Waals surface area contributed by atoms with Crippen molar-refractivity contribution in [3.05, 3.63) is 155 Å². The van der Waals surface area contributed by atoms with Crippen molar-refractivity contribution < 1.29 is 62.3 Å². The van der Waals surface area contributed by atoms with Gasteiger partial charge in [-0.05, 0) is 77.9 Å². The molecule has 28 heteroatoms. The summed E-state index contributed by atoms with van der Waals surface area (Å²) in [5.41, 5.74) is 10.4. The highest BCUT2D eigenvalue weighted by atomic mass is 32.1. The summed E-state index contributed by atoms with van der Waals surface area (Å²) in [6.07, 6.45) is -1.33. The normalized spacial score (nSPS) is 10.1. The molecule has 5 aromatic carbocycles. The molecule has 23 nitrogen and oxygen atoms in total. The van der Waals surface area contributed by atoms with Crippen molar-refractivity contribution in [3.8, 4) is 23.0 Å². The summed E-state index contributed by atoms with van der Waals surface area (Å²) in [7, 11) is 14.5. The van der Waals surface area contributed by atoms with Crippen molar-refractivity contribution in [2.45, 2.75) is 72.0 Å². The summed E-state index contributed by atoms with van der Waals surface area (Å²) in [4.78, 5) is 70.9. The van der Waals surface area contributed by atoms with Crippen molar-refractivity contribution in [2.24, 2.45) is 11.7 Å². The topological polar surface area (TPSA) is 282 Å². The SMILES string of the molecule is CC(C)(C)OC(=O)CC(=O)O.CN(N)C(=S)c1ccccc1.CN(NC(=O)CC(=O)OC(C)(C)C)C(=S)c1ccccc1.COc1ccc(OC)c(C(=S)N(C)N)c1.COc1ccc(OC)c(C(=S)N(C)NC(=O)CC(=O)NN(C)C(=S)c2ccccc2)c1. The molecule has 89 heavy (non-hydrogen) atoms. The van der Waals surface area contributed by atoms with Gasteiger partial charge in [0.2, 0.25) is 17.7 Å². The van der Waals surface area contributed by atoms with Gasteiger partial charge in [0.25, 0.3) is 0 Å². The zero-order chi connectivity index (χ0) is 67.8. The van der Waals surface area contributed by atoms with E-state index < -0.39 is 59.7 Å². The maximum absolute atomic E-state index is 12.3. The Hall–Kier alpha value is -8.51. The number of carbonyl (C=O) groups excluding carboxylic acids is 5. The molecule has 0 aliphatic rings. The smallest absolute Gasteiger partial charge is 0.317 e. The summed E-state index contributed by atoms with van der Waals surface area (Å²) >= 11 is 26.3. The number of methoxy groups -OCH3 is 4. The number of esters is 2. The minimum absolute atomic E-state index is 0.298. The van der Waals surface area contributed by atoms with E-state index in [1.807, 2.05) is 97.1 Å². The number of carboxylic acids is 1. The fraction of sp³-hybridized carbons (Fsp3) is 0.328. The molecule has 0 heterocycles. The van der Waals surface area contributed by atoms with Gasteiger partial charge in [-0.3, -0.25) is 60.1 Å². The predicted molar refractivity (Wildman–Crippen MR) is 362 cm³/mol. The Balaban J connectivity index is 0.000000593. The number of rotatable bonds is 15. The number of nitrogens with zero attached hydrogens (tertiary/aromatic N) is 5. The molecule has 0 bridgehead atoms. The minimum atomic E-state index is -1.17. The molecule has 0 unspecified atom stereocenters. The van der Waals surface area contributed by atoms with Gasteiger partial charge >= 0.3 is 17.9 Å². The average molecular weight is 1320 g/mol. The number of hydrogen-bond acceptors (Lipinski definition) is 19. The summed E-state index contributed by atoms with van der Waals surface area (Å²) in [6.45, 7) is 10.3. The van der Waals surface area contributed by atoms with Crippen LogP contribution in [0.3, 0.4) is 0 Å². The maximum atomic E-state index is 12.3. The van der Waals surface area contributed by atoms with Gasteiger partial charge in [-0.1, -0.05) is 152 Å². The lowest BCUT2D eigenvalue weighted by Gasteiger charge is -2.23. The number of ether oxygens (including phenoxy) is 6. The van der Waals surface area contributed by atoms with E-state index >= 15 is 0 Å². The largest absolute Gasteiger partial charge is 0.497 e. The first kappa shape index (κ1) is 78.5.